The SMILES string of the molecule is CCCCCC(O)C=CC1(O)CCCC1CCCCCCC=O. The van der Waals surface area contributed by atoms with E-state index in [9.17, 15) is 15.0 Å². The average Bonchev–Trinajstić information content (AvgIpc) is 2.90. The van der Waals surface area contributed by atoms with Gasteiger partial charge in [0.1, 0.15) is 6.29 Å². The van der Waals surface area contributed by atoms with Gasteiger partial charge < -0.3 is 15.0 Å². The first kappa shape index (κ1) is 20.4. The molecule has 0 aromatic heterocycles. The van der Waals surface area contributed by atoms with Crippen LogP contribution in [0.1, 0.15) is 90.4 Å². The molecule has 1 aliphatic rings. The fourth-order valence-corrected chi connectivity index (χ4v) is 3.65. The Hall–Kier alpha value is -0.670. The van der Waals surface area contributed by atoms with Crippen molar-refractivity contribution in [1.29, 1.82) is 0 Å². The van der Waals surface area contributed by atoms with Gasteiger partial charge in [0, 0.05) is 6.42 Å². The zero-order valence-corrected chi connectivity index (χ0v) is 14.9. The predicted octanol–water partition coefficient (Wildman–Crippen LogP) is 4.55. The number of aliphatic hydroxyl groups excluding tert-OH is 1. The minimum Gasteiger partial charge on any atom is -0.389 e. The smallest absolute Gasteiger partial charge is 0.119 e. The van der Waals surface area contributed by atoms with E-state index in [-0.39, 0.29) is 0 Å². The number of carbonyl (C=O) groups excluding carboxylic acids is 1. The molecule has 0 amide bonds. The van der Waals surface area contributed by atoms with E-state index in [1.54, 1.807) is 0 Å². The van der Waals surface area contributed by atoms with E-state index in [1.165, 1.54) is 0 Å². The van der Waals surface area contributed by atoms with Crippen LogP contribution in [0.3, 0.4) is 0 Å². The maximum absolute atomic E-state index is 10.9. The van der Waals surface area contributed by atoms with Crippen LogP contribution in [0.15, 0.2) is 12.2 Å². The molecule has 0 bridgehead atoms. The highest BCUT2D eigenvalue weighted by Gasteiger charge is 2.38. The topological polar surface area (TPSA) is 57.5 Å². The monoisotopic (exact) mass is 324 g/mol. The van der Waals surface area contributed by atoms with E-state index in [0.717, 1.165) is 83.3 Å². The molecule has 1 aliphatic carbocycles. The highest BCUT2D eigenvalue weighted by atomic mass is 16.3. The zero-order chi connectivity index (χ0) is 17.0. The molecule has 3 nitrogen and oxygen atoms in total. The number of carbonyl (C=O) groups is 1. The number of hydrogen-bond donors (Lipinski definition) is 2. The normalized spacial score (nSPS) is 26.0. The molecule has 134 valence electrons. The minimum atomic E-state index is -0.714. The van der Waals surface area contributed by atoms with E-state index in [2.05, 4.69) is 6.92 Å². The molecule has 1 rings (SSSR count). The second-order valence-electron chi connectivity index (χ2n) is 7.16. The van der Waals surface area contributed by atoms with Gasteiger partial charge >= 0.3 is 0 Å². The van der Waals surface area contributed by atoms with Gasteiger partial charge in [-0.3, -0.25) is 0 Å². The largest absolute Gasteiger partial charge is 0.389 e. The van der Waals surface area contributed by atoms with Crippen molar-refractivity contribution in [2.45, 2.75) is 102 Å². The van der Waals surface area contributed by atoms with Crippen molar-refractivity contribution in [3.8, 4) is 0 Å². The summed E-state index contributed by atoms with van der Waals surface area (Å²) in [6.07, 6.45) is 17.5. The molecule has 0 heterocycles. The second kappa shape index (κ2) is 11.8. The van der Waals surface area contributed by atoms with E-state index in [4.69, 9.17) is 0 Å². The van der Waals surface area contributed by atoms with Crippen molar-refractivity contribution in [1.82, 2.24) is 0 Å². The highest BCUT2D eigenvalue weighted by Crippen LogP contribution is 2.40. The van der Waals surface area contributed by atoms with Crippen molar-refractivity contribution < 1.29 is 15.0 Å². The van der Waals surface area contributed by atoms with Gasteiger partial charge in [0.2, 0.25) is 0 Å². The molecule has 0 aromatic carbocycles. The summed E-state index contributed by atoms with van der Waals surface area (Å²) >= 11 is 0. The molecule has 2 N–H and O–H groups in total. The molecule has 1 saturated carbocycles. The van der Waals surface area contributed by atoms with E-state index in [1.807, 2.05) is 12.2 Å². The Bertz CT molecular complexity index is 340. The summed E-state index contributed by atoms with van der Waals surface area (Å²) in [6.45, 7) is 2.16. The van der Waals surface area contributed by atoms with Crippen LogP contribution in [0.4, 0.5) is 0 Å². The molecule has 0 radical (unpaired) electrons. The van der Waals surface area contributed by atoms with Crippen LogP contribution in [-0.4, -0.2) is 28.2 Å². The number of rotatable bonds is 13. The molecular weight excluding hydrogens is 288 g/mol. The molecule has 0 saturated heterocycles. The van der Waals surface area contributed by atoms with Crippen LogP contribution >= 0.6 is 0 Å². The van der Waals surface area contributed by atoms with Crippen LogP contribution in [-0.2, 0) is 4.79 Å². The zero-order valence-electron chi connectivity index (χ0n) is 14.9. The fraction of sp³-hybridized carbons (Fsp3) is 0.850. The first-order chi connectivity index (χ1) is 11.1. The first-order valence-electron chi connectivity index (χ1n) is 9.66. The summed E-state index contributed by atoms with van der Waals surface area (Å²) in [5.41, 5.74) is -0.714. The molecule has 0 aromatic rings. The maximum Gasteiger partial charge on any atom is 0.119 e. The van der Waals surface area contributed by atoms with Gasteiger partial charge in [-0.15, -0.1) is 0 Å². The molecule has 23 heavy (non-hydrogen) atoms. The first-order valence-corrected chi connectivity index (χ1v) is 9.66. The summed E-state index contributed by atoms with van der Waals surface area (Å²) in [5, 5.41) is 20.9. The molecule has 3 heteroatoms. The lowest BCUT2D eigenvalue weighted by atomic mass is 9.85. The highest BCUT2D eigenvalue weighted by molar-refractivity contribution is 5.48. The molecule has 1 fully saturated rings. The quantitative estimate of drug-likeness (QED) is 0.297. The maximum atomic E-state index is 10.9. The summed E-state index contributed by atoms with van der Waals surface area (Å²) in [7, 11) is 0. The second-order valence-corrected chi connectivity index (χ2v) is 7.16. The van der Waals surface area contributed by atoms with Crippen LogP contribution in [0.5, 0.6) is 0 Å². The van der Waals surface area contributed by atoms with Crippen LogP contribution in [0.2, 0.25) is 0 Å². The Balaban J connectivity index is 2.31. The van der Waals surface area contributed by atoms with Gasteiger partial charge in [-0.1, -0.05) is 57.6 Å². The third-order valence-electron chi connectivity index (χ3n) is 5.17. The number of unbranched alkanes of at least 4 members (excludes halogenated alkanes) is 6. The summed E-state index contributed by atoms with van der Waals surface area (Å²) < 4.78 is 0. The van der Waals surface area contributed by atoms with Crippen LogP contribution in [0, 0.1) is 5.92 Å². The Labute approximate surface area is 142 Å². The van der Waals surface area contributed by atoms with Crippen LogP contribution in [0.25, 0.3) is 0 Å². The Morgan fingerprint density at radius 2 is 1.96 bits per heavy atom. The molecule has 0 spiro atoms. The summed E-state index contributed by atoms with van der Waals surface area (Å²) in [6, 6.07) is 0. The molecule has 3 atom stereocenters. The molecular formula is C20H36O3. The van der Waals surface area contributed by atoms with Crippen LogP contribution < -0.4 is 0 Å². The van der Waals surface area contributed by atoms with E-state index >= 15 is 0 Å². The Morgan fingerprint density at radius 3 is 2.70 bits per heavy atom. The lowest BCUT2D eigenvalue weighted by Gasteiger charge is -2.27. The van der Waals surface area contributed by atoms with E-state index < -0.39 is 11.7 Å². The third-order valence-corrected chi connectivity index (χ3v) is 5.17. The van der Waals surface area contributed by atoms with Gasteiger partial charge in [0.05, 0.1) is 11.7 Å². The van der Waals surface area contributed by atoms with Gasteiger partial charge in [-0.05, 0) is 44.4 Å². The third kappa shape index (κ3) is 8.12. The number of aliphatic hydroxyl groups is 2. The van der Waals surface area contributed by atoms with Crippen molar-refractivity contribution >= 4 is 6.29 Å². The fourth-order valence-electron chi connectivity index (χ4n) is 3.65. The Morgan fingerprint density at radius 1 is 1.17 bits per heavy atom. The number of aldehydes is 1. The van der Waals surface area contributed by atoms with Gasteiger partial charge in [-0.25, -0.2) is 0 Å². The van der Waals surface area contributed by atoms with E-state index in [0.29, 0.717) is 12.3 Å². The van der Waals surface area contributed by atoms with Crippen molar-refractivity contribution in [3.05, 3.63) is 12.2 Å². The molecule has 3 unspecified atom stereocenters. The predicted molar refractivity (Wildman–Crippen MR) is 95.3 cm³/mol. The van der Waals surface area contributed by atoms with Crippen molar-refractivity contribution in [3.63, 3.8) is 0 Å². The van der Waals surface area contributed by atoms with Gasteiger partial charge in [0.25, 0.3) is 0 Å². The van der Waals surface area contributed by atoms with Crippen molar-refractivity contribution in [2.24, 2.45) is 5.92 Å². The minimum absolute atomic E-state index is 0.327. The Kier molecular flexibility index (Phi) is 10.5. The number of hydrogen-bond acceptors (Lipinski definition) is 3. The van der Waals surface area contributed by atoms with Crippen molar-refractivity contribution in [2.75, 3.05) is 0 Å². The standard InChI is InChI=1S/C20H36O3/c1-2-3-7-13-19(22)14-16-20(23)15-10-12-18(20)11-8-5-4-6-9-17-21/h14,16-19,22-23H,2-13,15H2,1H3. The van der Waals surface area contributed by atoms with Gasteiger partial charge in [0.15, 0.2) is 0 Å². The lowest BCUT2D eigenvalue weighted by molar-refractivity contribution is -0.107. The summed E-state index contributed by atoms with van der Waals surface area (Å²) in [4.78, 5) is 10.3. The van der Waals surface area contributed by atoms with Gasteiger partial charge in [-0.2, -0.15) is 0 Å². The lowest BCUT2D eigenvalue weighted by Crippen LogP contribution is -2.31. The average molecular weight is 325 g/mol. The molecule has 0 aliphatic heterocycles. The summed E-state index contributed by atoms with van der Waals surface area (Å²) in [5.74, 6) is 0.327.